The average Bonchev–Trinajstić information content (AvgIpc) is 3.45. The van der Waals surface area contributed by atoms with Crippen molar-refractivity contribution in [1.82, 2.24) is 24.9 Å². The normalized spacial score (nSPS) is 10.8. The first-order valence-electron chi connectivity index (χ1n) is 9.50. The van der Waals surface area contributed by atoms with Crippen molar-refractivity contribution in [2.24, 2.45) is 0 Å². The van der Waals surface area contributed by atoms with Crippen molar-refractivity contribution in [2.45, 2.75) is 17.5 Å². The number of hydrogen-bond donors (Lipinski definition) is 0. The maximum atomic E-state index is 5.48. The minimum absolute atomic E-state index is 0.459. The molecule has 2 heterocycles. The highest BCUT2D eigenvalue weighted by Crippen LogP contribution is 2.32. The van der Waals surface area contributed by atoms with E-state index in [1.807, 2.05) is 59.2 Å². The lowest BCUT2D eigenvalue weighted by molar-refractivity contribution is 0.414. The van der Waals surface area contributed by atoms with E-state index in [2.05, 4.69) is 26.9 Å². The Kier molecular flexibility index (Phi) is 6.32. The highest BCUT2D eigenvalue weighted by atomic mass is 32.2. The Bertz CT molecular complexity index is 1170. The van der Waals surface area contributed by atoms with E-state index < -0.39 is 0 Å². The molecule has 0 unspecified atom stereocenters. The molecule has 0 saturated carbocycles. The second-order valence-electron chi connectivity index (χ2n) is 6.44. The van der Waals surface area contributed by atoms with Gasteiger partial charge in [-0.2, -0.15) is 4.98 Å². The Morgan fingerprint density at radius 3 is 2.61 bits per heavy atom. The molecular weight excluding hydrogens is 414 g/mol. The van der Waals surface area contributed by atoms with Crippen molar-refractivity contribution in [1.29, 1.82) is 0 Å². The molecule has 0 atom stereocenters. The summed E-state index contributed by atoms with van der Waals surface area (Å²) in [6, 6.07) is 15.2. The van der Waals surface area contributed by atoms with Gasteiger partial charge in [0.15, 0.2) is 16.8 Å². The summed E-state index contributed by atoms with van der Waals surface area (Å²) >= 11 is 1.48. The van der Waals surface area contributed by atoms with Crippen LogP contribution >= 0.6 is 11.8 Å². The molecule has 0 N–H and O–H groups in total. The van der Waals surface area contributed by atoms with Crippen LogP contribution in [0.5, 0.6) is 11.5 Å². The number of aromatic nitrogens is 5. The molecule has 4 aromatic rings. The molecule has 0 fully saturated rings. The van der Waals surface area contributed by atoms with Crippen LogP contribution in [0.25, 0.3) is 22.8 Å². The van der Waals surface area contributed by atoms with Gasteiger partial charge in [0.2, 0.25) is 0 Å². The standard InChI is InChI=1S/C22H21N5O3S/c1-4-13-27-20(17-7-5-6-8-18(17)29-3)24-25-22(27)31-14-19-23-21(30-26-19)15-9-11-16(28-2)12-10-15/h4-12H,1,13-14H2,2-3H3. The fourth-order valence-corrected chi connectivity index (χ4v) is 3.80. The average molecular weight is 436 g/mol. The van der Waals surface area contributed by atoms with Gasteiger partial charge >= 0.3 is 0 Å². The molecule has 2 aromatic heterocycles. The number of thioether (sulfide) groups is 1. The molecule has 9 heteroatoms. The molecule has 8 nitrogen and oxygen atoms in total. The molecule has 0 aliphatic rings. The fraction of sp³-hybridized carbons (Fsp3) is 0.182. The molecule has 0 spiro atoms. The van der Waals surface area contributed by atoms with E-state index in [9.17, 15) is 0 Å². The maximum Gasteiger partial charge on any atom is 0.257 e. The topological polar surface area (TPSA) is 88.1 Å². The molecule has 31 heavy (non-hydrogen) atoms. The van der Waals surface area contributed by atoms with Crippen molar-refractivity contribution in [3.8, 4) is 34.3 Å². The Labute approximate surface area is 183 Å². The zero-order valence-electron chi connectivity index (χ0n) is 17.2. The Hall–Kier alpha value is -3.59. The lowest BCUT2D eigenvalue weighted by atomic mass is 10.2. The van der Waals surface area contributed by atoms with Crippen LogP contribution in [0.1, 0.15) is 5.82 Å². The number of para-hydroxylation sites is 1. The van der Waals surface area contributed by atoms with Gasteiger partial charge in [-0.3, -0.25) is 4.57 Å². The number of benzene rings is 2. The third kappa shape index (κ3) is 4.46. The van der Waals surface area contributed by atoms with Crippen LogP contribution in [0.3, 0.4) is 0 Å². The van der Waals surface area contributed by atoms with Gasteiger partial charge in [0, 0.05) is 12.1 Å². The monoisotopic (exact) mass is 435 g/mol. The third-order valence-electron chi connectivity index (χ3n) is 4.51. The van der Waals surface area contributed by atoms with Crippen molar-refractivity contribution in [3.05, 3.63) is 67.0 Å². The molecule has 158 valence electrons. The lowest BCUT2D eigenvalue weighted by Crippen LogP contribution is -2.02. The summed E-state index contributed by atoms with van der Waals surface area (Å²) in [7, 11) is 3.26. The molecule has 0 amide bonds. The highest BCUT2D eigenvalue weighted by molar-refractivity contribution is 7.98. The van der Waals surface area contributed by atoms with Crippen molar-refractivity contribution >= 4 is 11.8 Å². The van der Waals surface area contributed by atoms with E-state index in [1.165, 1.54) is 11.8 Å². The first-order valence-corrected chi connectivity index (χ1v) is 10.5. The van der Waals surface area contributed by atoms with E-state index in [4.69, 9.17) is 14.0 Å². The summed E-state index contributed by atoms with van der Waals surface area (Å²) in [6.45, 7) is 4.42. The summed E-state index contributed by atoms with van der Waals surface area (Å²) < 4.78 is 18.0. The summed E-state index contributed by atoms with van der Waals surface area (Å²) in [4.78, 5) is 4.48. The van der Waals surface area contributed by atoms with Crippen molar-refractivity contribution in [3.63, 3.8) is 0 Å². The zero-order chi connectivity index (χ0) is 21.6. The molecule has 0 bridgehead atoms. The van der Waals surface area contributed by atoms with E-state index in [0.717, 1.165) is 27.8 Å². The van der Waals surface area contributed by atoms with Gasteiger partial charge in [-0.05, 0) is 36.4 Å². The summed E-state index contributed by atoms with van der Waals surface area (Å²) in [5.74, 6) is 3.74. The fourth-order valence-electron chi connectivity index (χ4n) is 3.01. The first kappa shape index (κ1) is 20.7. The Morgan fingerprint density at radius 1 is 1.06 bits per heavy atom. The number of nitrogens with zero attached hydrogens (tertiary/aromatic N) is 5. The molecule has 0 aliphatic heterocycles. The van der Waals surface area contributed by atoms with Crippen molar-refractivity contribution < 1.29 is 14.0 Å². The number of allylic oxidation sites excluding steroid dienone is 1. The van der Waals surface area contributed by atoms with Crippen LogP contribution in [0.15, 0.2) is 70.9 Å². The number of rotatable bonds is 9. The van der Waals surface area contributed by atoms with Gasteiger partial charge < -0.3 is 14.0 Å². The number of ether oxygens (including phenoxy) is 2. The van der Waals surface area contributed by atoms with E-state index >= 15 is 0 Å². The molecule has 0 radical (unpaired) electrons. The third-order valence-corrected chi connectivity index (χ3v) is 5.47. The smallest absolute Gasteiger partial charge is 0.257 e. The van der Waals surface area contributed by atoms with Crippen LogP contribution in [0, 0.1) is 0 Å². The van der Waals surface area contributed by atoms with Gasteiger partial charge in [0.05, 0.1) is 25.5 Å². The Morgan fingerprint density at radius 2 is 1.87 bits per heavy atom. The first-order chi connectivity index (χ1) is 15.2. The van der Waals surface area contributed by atoms with Crippen LogP contribution in [0.2, 0.25) is 0 Å². The zero-order valence-corrected chi connectivity index (χ0v) is 18.0. The molecule has 0 saturated heterocycles. The predicted molar refractivity (Wildman–Crippen MR) is 118 cm³/mol. The lowest BCUT2D eigenvalue weighted by Gasteiger charge is -2.10. The molecule has 0 aliphatic carbocycles. The van der Waals surface area contributed by atoms with E-state index in [0.29, 0.717) is 29.8 Å². The minimum Gasteiger partial charge on any atom is -0.497 e. The second kappa shape index (κ2) is 9.48. The maximum absolute atomic E-state index is 5.48. The quantitative estimate of drug-likeness (QED) is 0.281. The van der Waals surface area contributed by atoms with Crippen LogP contribution in [0.4, 0.5) is 0 Å². The summed E-state index contributed by atoms with van der Waals surface area (Å²) in [5, 5.41) is 13.6. The van der Waals surface area contributed by atoms with Crippen LogP contribution < -0.4 is 9.47 Å². The van der Waals surface area contributed by atoms with E-state index in [-0.39, 0.29) is 0 Å². The van der Waals surface area contributed by atoms with Gasteiger partial charge in [-0.1, -0.05) is 35.1 Å². The predicted octanol–water partition coefficient (Wildman–Crippen LogP) is 4.49. The minimum atomic E-state index is 0.459. The molecule has 2 aromatic carbocycles. The number of methoxy groups -OCH3 is 2. The van der Waals surface area contributed by atoms with Gasteiger partial charge in [-0.15, -0.1) is 16.8 Å². The Balaban J connectivity index is 1.53. The van der Waals surface area contributed by atoms with Crippen LogP contribution in [-0.2, 0) is 12.3 Å². The van der Waals surface area contributed by atoms with E-state index in [1.54, 1.807) is 14.2 Å². The van der Waals surface area contributed by atoms with Crippen molar-refractivity contribution in [2.75, 3.05) is 14.2 Å². The van der Waals surface area contributed by atoms with Gasteiger partial charge in [0.25, 0.3) is 5.89 Å². The SMILES string of the molecule is C=CCn1c(SCc2noc(-c3ccc(OC)cc3)n2)nnc1-c1ccccc1OC. The molecular formula is C22H21N5O3S. The highest BCUT2D eigenvalue weighted by Gasteiger charge is 2.18. The largest absolute Gasteiger partial charge is 0.497 e. The van der Waals surface area contributed by atoms with Gasteiger partial charge in [-0.25, -0.2) is 0 Å². The van der Waals surface area contributed by atoms with Gasteiger partial charge in [0.1, 0.15) is 11.5 Å². The second-order valence-corrected chi connectivity index (χ2v) is 7.38. The van der Waals surface area contributed by atoms with Crippen LogP contribution in [-0.4, -0.2) is 39.1 Å². The summed E-state index contributed by atoms with van der Waals surface area (Å²) in [5.41, 5.74) is 1.70. The number of hydrogen-bond acceptors (Lipinski definition) is 8. The molecule has 4 rings (SSSR count). The summed E-state index contributed by atoms with van der Waals surface area (Å²) in [6.07, 6.45) is 1.81.